The lowest BCUT2D eigenvalue weighted by atomic mass is 10.0. The van der Waals surface area contributed by atoms with Gasteiger partial charge in [-0.2, -0.15) is 0 Å². The molecule has 0 radical (unpaired) electrons. The number of carboxylic acid groups (broad SMARTS) is 2. The molecule has 0 aliphatic carbocycles. The van der Waals surface area contributed by atoms with Crippen LogP contribution in [-0.4, -0.2) is 237 Å². The summed E-state index contributed by atoms with van der Waals surface area (Å²) in [5.41, 5.74) is 33.2. The minimum absolute atomic E-state index is 0.00882. The predicted octanol–water partition coefficient (Wildman–Crippen LogP) is -8.70. The van der Waals surface area contributed by atoms with E-state index in [0.29, 0.717) is 12.8 Å². The lowest BCUT2D eigenvalue weighted by Crippen LogP contribution is -2.61. The van der Waals surface area contributed by atoms with Gasteiger partial charge in [0.2, 0.25) is 70.9 Å². The second-order valence-electron chi connectivity index (χ2n) is 20.0. The van der Waals surface area contributed by atoms with Crippen molar-refractivity contribution < 1.29 is 82.4 Å². The molecule has 0 spiro atoms. The Hall–Kier alpha value is -7.56. The second-order valence-corrected chi connectivity index (χ2v) is 25.1. The van der Waals surface area contributed by atoms with E-state index in [2.05, 4.69) is 63.2 Å². The van der Waals surface area contributed by atoms with Gasteiger partial charge in [-0.15, -0.1) is 0 Å². The number of unbranched alkanes of at least 4 members (excludes halogenated alkanes) is 1. The number of hydrogen-bond acceptors (Lipinski definition) is 22. The molecule has 0 aromatic heterocycles. The van der Waals surface area contributed by atoms with E-state index < -0.39 is 198 Å². The van der Waals surface area contributed by atoms with Crippen molar-refractivity contribution in [3.8, 4) is 0 Å². The topological polar surface area (TPSA) is 604 Å². The fraction of sp³-hybridized carbons (Fsp3) is 0.667. The maximum atomic E-state index is 14.7. The molecule has 25 N–H and O–H groups in total. The number of nitrogens with two attached hydrogens (primary N) is 6. The number of carbonyl (C=O) groups is 14. The summed E-state index contributed by atoms with van der Waals surface area (Å²) in [4.78, 5) is 202. The Labute approximate surface area is 520 Å². The number of aliphatic imine (C=N–C) groups is 2. The molecule has 88 heavy (non-hydrogen) atoms. The van der Waals surface area contributed by atoms with Crippen molar-refractivity contribution >= 4 is 138 Å². The Morgan fingerprint density at radius 3 is 1.52 bits per heavy atom. The molecule has 3 rings (SSSR count). The normalized spacial score (nSPS) is 26.5. The number of aliphatic hydroxyl groups is 1. The van der Waals surface area contributed by atoms with E-state index in [1.807, 2.05) is 0 Å². The van der Waals surface area contributed by atoms with Crippen LogP contribution in [0.25, 0.3) is 0 Å². The number of aliphatic carboxylic acids is 2. The van der Waals surface area contributed by atoms with E-state index in [4.69, 9.17) is 34.4 Å². The van der Waals surface area contributed by atoms with Gasteiger partial charge in [-0.05, 0) is 44.9 Å². The van der Waals surface area contributed by atoms with Crippen LogP contribution in [0, 0.1) is 0 Å². The van der Waals surface area contributed by atoms with Crippen molar-refractivity contribution in [2.24, 2.45) is 44.4 Å². The minimum atomic E-state index is -1.96. The average molecular weight is 1320 g/mol. The van der Waals surface area contributed by atoms with Gasteiger partial charge in [0, 0.05) is 42.6 Å². The van der Waals surface area contributed by atoms with E-state index in [0.717, 1.165) is 48.1 Å². The van der Waals surface area contributed by atoms with Crippen LogP contribution in [0.4, 0.5) is 0 Å². The van der Waals surface area contributed by atoms with Gasteiger partial charge in [-0.3, -0.25) is 72.3 Å². The van der Waals surface area contributed by atoms with Crippen molar-refractivity contribution in [2.45, 2.75) is 144 Å². The van der Waals surface area contributed by atoms with Crippen LogP contribution < -0.4 is 87.6 Å². The van der Waals surface area contributed by atoms with Gasteiger partial charge in [0.25, 0.3) is 0 Å². The standard InChI is InChI=1S/C48H79N19O17S4/c1-2-3-7-22-38(75)66-31(46(83)84)21-88-87-20-30-43(80)63-27(17-68)40(77)62-26(15-35(71)72)45(82)67-13-6-10-32(67)44(81)60-24(9-5-12-56-48(53)54)37(74)64-29(19-86-85-18-28(41(78)65-30)57-34(70)16-49)42(79)61-25(14-33(50)69)39(76)59-23(36(73)58-22)8-4-11-55-47(51)52/h22-32,68H,2-21,49H2,1H3,(H2,50,69)(H,57,70)(H,58,73)(H,59,76)(H,60,81)(H,61,79)(H,62,77)(H,63,80)(H,64,74)(H,65,78)(H,66,75)(H,71,72)(H,83,84)(H4,51,52,55)(H4,53,54,56)/t22-,23?,24-,25-,26-,27-,28-,29-,30-,31-,32-/m0/s1. The van der Waals surface area contributed by atoms with Gasteiger partial charge in [0.15, 0.2) is 11.9 Å². The fourth-order valence-corrected chi connectivity index (χ4v) is 13.2. The Morgan fingerprint density at radius 1 is 0.557 bits per heavy atom. The lowest BCUT2D eigenvalue weighted by molar-refractivity contribution is -0.146. The molecule has 36 nitrogen and oxygen atoms in total. The van der Waals surface area contributed by atoms with Crippen molar-refractivity contribution in [2.75, 3.05) is 55.8 Å². The van der Waals surface area contributed by atoms with E-state index >= 15 is 0 Å². The molecule has 11 atom stereocenters. The van der Waals surface area contributed by atoms with E-state index in [1.165, 1.54) is 0 Å². The first-order valence-electron chi connectivity index (χ1n) is 27.7. The zero-order valence-electron chi connectivity index (χ0n) is 48.0. The third-order valence-electron chi connectivity index (χ3n) is 13.1. The molecule has 0 aromatic carbocycles. The highest BCUT2D eigenvalue weighted by Gasteiger charge is 2.42. The van der Waals surface area contributed by atoms with Gasteiger partial charge in [-0.1, -0.05) is 62.9 Å². The Bertz CT molecular complexity index is 2590. The third kappa shape index (κ3) is 26.0. The smallest absolute Gasteiger partial charge is 0.327 e. The van der Waals surface area contributed by atoms with Crippen LogP contribution in [-0.2, 0) is 67.1 Å². The number of primary amides is 1. The molecular weight excluding hydrogens is 1240 g/mol. The summed E-state index contributed by atoms with van der Waals surface area (Å²) >= 11 is 0. The molecule has 12 amide bonds. The number of nitrogens with one attached hydrogen (secondary N) is 10. The lowest BCUT2D eigenvalue weighted by Gasteiger charge is -2.30. The van der Waals surface area contributed by atoms with Crippen LogP contribution in [0.2, 0.25) is 0 Å². The molecule has 492 valence electrons. The van der Waals surface area contributed by atoms with Crippen LogP contribution in [0.3, 0.4) is 0 Å². The maximum absolute atomic E-state index is 14.7. The van der Waals surface area contributed by atoms with Gasteiger partial charge in [-0.25, -0.2) is 4.79 Å². The molecule has 3 fully saturated rings. The monoisotopic (exact) mass is 1320 g/mol. The van der Waals surface area contributed by atoms with Gasteiger partial charge >= 0.3 is 11.9 Å². The summed E-state index contributed by atoms with van der Waals surface area (Å²) in [6, 6.07) is -18.6. The summed E-state index contributed by atoms with van der Waals surface area (Å²) in [6.45, 7) is -0.419. The number of carbonyl (C=O) groups excluding carboxylic acids is 12. The molecule has 3 saturated heterocycles. The third-order valence-corrected chi connectivity index (χ3v) is 18.0. The molecule has 2 bridgehead atoms. The molecule has 3 aliphatic rings. The zero-order chi connectivity index (χ0) is 65.6. The highest BCUT2D eigenvalue weighted by atomic mass is 33.1. The zero-order valence-corrected chi connectivity index (χ0v) is 51.3. The first-order chi connectivity index (χ1) is 41.7. The largest absolute Gasteiger partial charge is 0.481 e. The Kier molecular flexibility index (Phi) is 32.8. The number of amides is 12. The second kappa shape index (κ2) is 38.7. The number of guanidine groups is 2. The SMILES string of the molecule is CCCC[C@@H]1NC(=O)C(CCCN=C(N)N)NC(=O)[C@H](CC(N)=O)NC(=O)[C@@H]2CSSC[C@H](NC(=O)CN)C(=O)N[C@@H](CSSC[C@@H](C(=O)O)NC1=O)C(=O)N[C@@H](CO)C(=O)N[C@@H](CC(=O)O)C(=O)N1CCC[C@H]1C(=O)N[C@@H](CCCN=C(N)N)C(=O)N2. The quantitative estimate of drug-likeness (QED) is 0.0247. The predicted molar refractivity (Wildman–Crippen MR) is 323 cm³/mol. The number of nitrogens with zero attached hydrogens (tertiary/aromatic N) is 3. The molecule has 0 aromatic rings. The van der Waals surface area contributed by atoms with E-state index in [9.17, 15) is 82.4 Å². The highest BCUT2D eigenvalue weighted by Crippen LogP contribution is 2.26. The summed E-state index contributed by atoms with van der Waals surface area (Å²) < 4.78 is 0. The first-order valence-corrected chi connectivity index (χ1v) is 32.6. The van der Waals surface area contributed by atoms with Crippen molar-refractivity contribution in [1.82, 2.24) is 58.1 Å². The molecule has 0 saturated carbocycles. The van der Waals surface area contributed by atoms with Crippen LogP contribution in [0.1, 0.15) is 77.6 Å². The number of rotatable bonds is 19. The summed E-state index contributed by atoms with van der Waals surface area (Å²) in [7, 11) is 3.15. The number of fused-ring (bicyclic) bond motifs is 9. The Balaban J connectivity index is 2.37. The average Bonchev–Trinajstić information content (AvgIpc) is 4.18. The van der Waals surface area contributed by atoms with Crippen molar-refractivity contribution in [3.63, 3.8) is 0 Å². The summed E-state index contributed by atoms with van der Waals surface area (Å²) in [6.07, 6.45) is -1.69. The van der Waals surface area contributed by atoms with E-state index in [1.54, 1.807) is 6.92 Å². The summed E-state index contributed by atoms with van der Waals surface area (Å²) in [5, 5.41) is 54.8. The molecule has 3 heterocycles. The number of aliphatic hydroxyl groups excluding tert-OH is 1. The van der Waals surface area contributed by atoms with Gasteiger partial charge in [0.05, 0.1) is 26.0 Å². The molecule has 3 aliphatic heterocycles. The first kappa shape index (κ1) is 74.7. The Morgan fingerprint density at radius 2 is 1.01 bits per heavy atom. The number of carboxylic acids is 2. The van der Waals surface area contributed by atoms with Gasteiger partial charge < -0.3 is 108 Å². The fourth-order valence-electron chi connectivity index (χ4n) is 8.59. The maximum Gasteiger partial charge on any atom is 0.327 e. The summed E-state index contributed by atoms with van der Waals surface area (Å²) in [5.74, 6) is -18.7. The van der Waals surface area contributed by atoms with Crippen LogP contribution >= 0.6 is 43.2 Å². The molecule has 40 heteroatoms. The highest BCUT2D eigenvalue weighted by molar-refractivity contribution is 8.77. The van der Waals surface area contributed by atoms with Crippen molar-refractivity contribution in [1.29, 1.82) is 0 Å². The minimum Gasteiger partial charge on any atom is -0.481 e. The number of hydrogen-bond donors (Lipinski definition) is 19. The molecular formula is C48H79N19O17S4. The van der Waals surface area contributed by atoms with Crippen LogP contribution in [0.5, 0.6) is 0 Å². The molecule has 1 unspecified atom stereocenters. The van der Waals surface area contributed by atoms with Crippen molar-refractivity contribution in [3.05, 3.63) is 0 Å². The van der Waals surface area contributed by atoms with Crippen LogP contribution in [0.15, 0.2) is 9.98 Å². The van der Waals surface area contributed by atoms with Gasteiger partial charge in [0.1, 0.15) is 66.5 Å². The van der Waals surface area contributed by atoms with E-state index in [-0.39, 0.29) is 76.5 Å².